The number of nitrogens with zero attached hydrogens (tertiary/aromatic N) is 3. The van der Waals surface area contributed by atoms with Gasteiger partial charge in [-0.2, -0.15) is 15.1 Å². The van der Waals surface area contributed by atoms with E-state index in [1.165, 1.54) is 0 Å². The van der Waals surface area contributed by atoms with Crippen LogP contribution in [0.25, 0.3) is 11.0 Å². The van der Waals surface area contributed by atoms with Crippen LogP contribution in [0.1, 0.15) is 40.5 Å². The van der Waals surface area contributed by atoms with Crippen LogP contribution in [0.15, 0.2) is 6.20 Å². The fraction of sp³-hybridized carbons (Fsp3) is 0.643. The van der Waals surface area contributed by atoms with Crippen molar-refractivity contribution in [2.75, 3.05) is 17.2 Å². The second-order valence-electron chi connectivity index (χ2n) is 5.07. The minimum absolute atomic E-state index is 0.368. The Hall–Kier alpha value is -1.85. The second kappa shape index (κ2) is 6.54. The predicted molar refractivity (Wildman–Crippen MR) is 83.0 cm³/mol. The first-order valence-corrected chi connectivity index (χ1v) is 7.41. The minimum atomic E-state index is 0.368. The van der Waals surface area contributed by atoms with Crippen LogP contribution in [0.5, 0.6) is 0 Å². The van der Waals surface area contributed by atoms with Crippen molar-refractivity contribution in [3.05, 3.63) is 6.20 Å². The molecule has 0 saturated carbocycles. The maximum absolute atomic E-state index is 4.56. The lowest BCUT2D eigenvalue weighted by atomic mass is 9.95. The topological polar surface area (TPSA) is 78.5 Å². The smallest absolute Gasteiger partial charge is 0.226 e. The van der Waals surface area contributed by atoms with Crippen molar-refractivity contribution >= 4 is 22.8 Å². The molecule has 0 radical (unpaired) electrons. The van der Waals surface area contributed by atoms with Gasteiger partial charge in [-0.25, -0.2) is 0 Å². The van der Waals surface area contributed by atoms with Crippen molar-refractivity contribution in [1.29, 1.82) is 0 Å². The largest absolute Gasteiger partial charge is 0.367 e. The van der Waals surface area contributed by atoms with Gasteiger partial charge in [0.1, 0.15) is 5.82 Å². The van der Waals surface area contributed by atoms with E-state index in [1.54, 1.807) is 6.20 Å². The van der Waals surface area contributed by atoms with Crippen LogP contribution in [0.4, 0.5) is 11.8 Å². The Bertz CT molecular complexity index is 546. The first kappa shape index (κ1) is 14.6. The zero-order valence-corrected chi connectivity index (χ0v) is 12.7. The van der Waals surface area contributed by atoms with Crippen LogP contribution in [0.2, 0.25) is 0 Å². The summed E-state index contributed by atoms with van der Waals surface area (Å²) in [5.41, 5.74) is 0.759. The van der Waals surface area contributed by atoms with Crippen molar-refractivity contribution in [2.24, 2.45) is 5.92 Å². The van der Waals surface area contributed by atoms with E-state index in [1.807, 2.05) is 6.92 Å². The van der Waals surface area contributed by atoms with E-state index in [4.69, 9.17) is 0 Å². The molecular weight excluding hydrogens is 252 g/mol. The minimum Gasteiger partial charge on any atom is -0.367 e. The summed E-state index contributed by atoms with van der Waals surface area (Å²) in [7, 11) is 0. The van der Waals surface area contributed by atoms with Gasteiger partial charge in [0.25, 0.3) is 0 Å². The Morgan fingerprint density at radius 3 is 2.60 bits per heavy atom. The van der Waals surface area contributed by atoms with E-state index in [-0.39, 0.29) is 0 Å². The third-order valence-corrected chi connectivity index (χ3v) is 3.76. The average Bonchev–Trinajstić information content (AvgIpc) is 2.89. The number of hydrogen-bond donors (Lipinski definition) is 3. The molecule has 0 aliphatic carbocycles. The maximum Gasteiger partial charge on any atom is 0.226 e. The molecule has 0 saturated heterocycles. The highest BCUT2D eigenvalue weighted by atomic mass is 15.2. The van der Waals surface area contributed by atoms with Crippen molar-refractivity contribution < 1.29 is 0 Å². The van der Waals surface area contributed by atoms with E-state index in [9.17, 15) is 0 Å². The first-order chi connectivity index (χ1) is 9.69. The molecule has 3 N–H and O–H groups in total. The van der Waals surface area contributed by atoms with Crippen LogP contribution in [0.3, 0.4) is 0 Å². The molecule has 0 aromatic carbocycles. The molecular formula is C14H24N6. The highest BCUT2D eigenvalue weighted by Crippen LogP contribution is 2.23. The van der Waals surface area contributed by atoms with Crippen molar-refractivity contribution in [3.63, 3.8) is 0 Å². The summed E-state index contributed by atoms with van der Waals surface area (Å²) in [6.45, 7) is 9.48. The summed E-state index contributed by atoms with van der Waals surface area (Å²) >= 11 is 0. The quantitative estimate of drug-likeness (QED) is 0.724. The fourth-order valence-corrected chi connectivity index (χ4v) is 2.51. The lowest BCUT2D eigenvalue weighted by Gasteiger charge is -2.23. The van der Waals surface area contributed by atoms with E-state index in [0.29, 0.717) is 17.9 Å². The standard InChI is InChI=1S/C14H24N6/c1-5-10(6-2)9(4)17-12-11-8-16-20-13(11)19-14(18-12)15-7-3/h8-10H,5-7H2,1-4H3,(H3,15,16,17,18,19,20). The van der Waals surface area contributed by atoms with Gasteiger partial charge in [0.05, 0.1) is 11.6 Å². The monoisotopic (exact) mass is 276 g/mol. The van der Waals surface area contributed by atoms with E-state index in [0.717, 1.165) is 36.2 Å². The Kier molecular flexibility index (Phi) is 4.76. The number of aromatic nitrogens is 4. The molecule has 1 unspecified atom stereocenters. The number of hydrogen-bond acceptors (Lipinski definition) is 5. The summed E-state index contributed by atoms with van der Waals surface area (Å²) in [4.78, 5) is 8.96. The van der Waals surface area contributed by atoms with Crippen LogP contribution in [0, 0.1) is 5.92 Å². The van der Waals surface area contributed by atoms with E-state index in [2.05, 4.69) is 51.6 Å². The lowest BCUT2D eigenvalue weighted by Crippen LogP contribution is -2.25. The summed E-state index contributed by atoms with van der Waals surface area (Å²) < 4.78 is 0. The van der Waals surface area contributed by atoms with Gasteiger partial charge in [0, 0.05) is 12.6 Å². The van der Waals surface area contributed by atoms with Crippen LogP contribution in [-0.4, -0.2) is 32.8 Å². The molecule has 0 aliphatic rings. The Morgan fingerprint density at radius 1 is 1.20 bits per heavy atom. The third-order valence-electron chi connectivity index (χ3n) is 3.76. The van der Waals surface area contributed by atoms with Crippen LogP contribution in [-0.2, 0) is 0 Å². The zero-order chi connectivity index (χ0) is 14.5. The van der Waals surface area contributed by atoms with Gasteiger partial charge in [0.15, 0.2) is 5.65 Å². The summed E-state index contributed by atoms with van der Waals surface area (Å²) in [6.07, 6.45) is 4.09. The van der Waals surface area contributed by atoms with Crippen molar-refractivity contribution in [1.82, 2.24) is 20.2 Å². The highest BCUT2D eigenvalue weighted by Gasteiger charge is 2.16. The molecule has 110 valence electrons. The van der Waals surface area contributed by atoms with Crippen molar-refractivity contribution in [2.45, 2.75) is 46.6 Å². The normalized spacial score (nSPS) is 12.8. The number of fused-ring (bicyclic) bond motifs is 1. The van der Waals surface area contributed by atoms with Crippen molar-refractivity contribution in [3.8, 4) is 0 Å². The molecule has 2 rings (SSSR count). The molecule has 2 aromatic rings. The predicted octanol–water partition coefficient (Wildman–Crippen LogP) is 3.02. The third kappa shape index (κ3) is 3.00. The molecule has 6 heteroatoms. The number of aromatic amines is 1. The summed E-state index contributed by atoms with van der Waals surface area (Å²) in [5.74, 6) is 2.11. The van der Waals surface area contributed by atoms with Gasteiger partial charge in [-0.05, 0) is 19.8 Å². The van der Waals surface area contributed by atoms with E-state index < -0.39 is 0 Å². The van der Waals surface area contributed by atoms with Crippen LogP contribution < -0.4 is 10.6 Å². The molecule has 0 spiro atoms. The van der Waals surface area contributed by atoms with E-state index >= 15 is 0 Å². The van der Waals surface area contributed by atoms with Gasteiger partial charge < -0.3 is 10.6 Å². The molecule has 0 aliphatic heterocycles. The Labute approximate surface area is 119 Å². The molecule has 6 nitrogen and oxygen atoms in total. The number of rotatable bonds is 7. The van der Waals surface area contributed by atoms with Gasteiger partial charge in [-0.3, -0.25) is 5.10 Å². The lowest BCUT2D eigenvalue weighted by molar-refractivity contribution is 0.437. The SMILES string of the molecule is CCNc1nc(NC(C)C(CC)CC)c2cn[nH]c2n1. The molecule has 20 heavy (non-hydrogen) atoms. The molecule has 2 aromatic heterocycles. The summed E-state index contributed by atoms with van der Waals surface area (Å²) in [6, 6.07) is 0.368. The van der Waals surface area contributed by atoms with Gasteiger partial charge >= 0.3 is 0 Å². The van der Waals surface area contributed by atoms with Gasteiger partial charge in [-0.1, -0.05) is 26.7 Å². The first-order valence-electron chi connectivity index (χ1n) is 7.41. The number of anilines is 2. The van der Waals surface area contributed by atoms with Gasteiger partial charge in [-0.15, -0.1) is 0 Å². The fourth-order valence-electron chi connectivity index (χ4n) is 2.51. The Balaban J connectivity index is 2.29. The molecule has 0 amide bonds. The zero-order valence-electron chi connectivity index (χ0n) is 12.7. The number of H-pyrrole nitrogens is 1. The van der Waals surface area contributed by atoms with Gasteiger partial charge in [0.2, 0.25) is 5.95 Å². The summed E-state index contributed by atoms with van der Waals surface area (Å²) in [5, 5.41) is 14.6. The number of nitrogens with one attached hydrogen (secondary N) is 3. The maximum atomic E-state index is 4.56. The average molecular weight is 276 g/mol. The molecule has 0 bridgehead atoms. The second-order valence-corrected chi connectivity index (χ2v) is 5.07. The Morgan fingerprint density at radius 2 is 1.95 bits per heavy atom. The molecule has 0 fully saturated rings. The molecule has 2 heterocycles. The van der Waals surface area contributed by atoms with Crippen LogP contribution >= 0.6 is 0 Å². The molecule has 1 atom stereocenters. The highest BCUT2D eigenvalue weighted by molar-refractivity contribution is 5.87.